The van der Waals surface area contributed by atoms with Crippen molar-refractivity contribution in [2.75, 3.05) is 5.33 Å². The molecule has 0 saturated heterocycles. The van der Waals surface area contributed by atoms with E-state index in [-0.39, 0.29) is 17.4 Å². The molecule has 0 radical (unpaired) electrons. The molecule has 1 atom stereocenters. The number of amides is 1. The van der Waals surface area contributed by atoms with E-state index < -0.39 is 0 Å². The van der Waals surface area contributed by atoms with Crippen LogP contribution in [0.25, 0.3) is 0 Å². The Bertz CT molecular complexity index is 334. The Kier molecular flexibility index (Phi) is 4.86. The van der Waals surface area contributed by atoms with Gasteiger partial charge < -0.3 is 5.32 Å². The van der Waals surface area contributed by atoms with Gasteiger partial charge in [-0.05, 0) is 23.4 Å². The Balaban J connectivity index is 2.66. The third-order valence-electron chi connectivity index (χ3n) is 2.33. The standard InChI is InChI=1S/C10H16BrN3OS/c1-10(2,3)8(4-5-11)13-9(15)7-6-12-14-16-7/h6,8H,4-5H2,1-3H3,(H,13,15). The van der Waals surface area contributed by atoms with Crippen molar-refractivity contribution in [3.63, 3.8) is 0 Å². The van der Waals surface area contributed by atoms with Crippen molar-refractivity contribution >= 4 is 33.4 Å². The Morgan fingerprint density at radius 1 is 1.62 bits per heavy atom. The first-order chi connectivity index (χ1) is 7.45. The molecule has 0 fully saturated rings. The highest BCUT2D eigenvalue weighted by Gasteiger charge is 2.26. The van der Waals surface area contributed by atoms with E-state index in [9.17, 15) is 4.79 Å². The third-order valence-corrected chi connectivity index (χ3v) is 3.45. The summed E-state index contributed by atoms with van der Waals surface area (Å²) in [4.78, 5) is 12.4. The van der Waals surface area contributed by atoms with Crippen molar-refractivity contribution in [2.24, 2.45) is 5.41 Å². The van der Waals surface area contributed by atoms with E-state index in [0.717, 1.165) is 23.3 Å². The van der Waals surface area contributed by atoms with Gasteiger partial charge in [-0.25, -0.2) is 0 Å². The average Bonchev–Trinajstić information content (AvgIpc) is 2.68. The van der Waals surface area contributed by atoms with Gasteiger partial charge >= 0.3 is 0 Å². The number of carbonyl (C=O) groups excluding carboxylic acids is 1. The van der Waals surface area contributed by atoms with Gasteiger partial charge in [0.2, 0.25) is 0 Å². The molecule has 1 rings (SSSR count). The van der Waals surface area contributed by atoms with Crippen molar-refractivity contribution < 1.29 is 4.79 Å². The summed E-state index contributed by atoms with van der Waals surface area (Å²) in [5, 5.41) is 7.55. The molecule has 0 aliphatic rings. The maximum atomic E-state index is 11.8. The lowest BCUT2D eigenvalue weighted by Gasteiger charge is -2.30. The lowest BCUT2D eigenvalue weighted by molar-refractivity contribution is 0.0904. The topological polar surface area (TPSA) is 54.9 Å². The van der Waals surface area contributed by atoms with Crippen LogP contribution in [0.1, 0.15) is 36.9 Å². The summed E-state index contributed by atoms with van der Waals surface area (Å²) in [6, 6.07) is 0.140. The van der Waals surface area contributed by atoms with Gasteiger partial charge in [-0.3, -0.25) is 4.79 Å². The van der Waals surface area contributed by atoms with Crippen molar-refractivity contribution in [3.8, 4) is 0 Å². The van der Waals surface area contributed by atoms with E-state index in [1.807, 2.05) is 0 Å². The van der Waals surface area contributed by atoms with E-state index in [0.29, 0.717) is 4.88 Å². The van der Waals surface area contributed by atoms with Crippen LogP contribution in [0.2, 0.25) is 0 Å². The summed E-state index contributed by atoms with van der Waals surface area (Å²) in [6.07, 6.45) is 2.40. The fraction of sp³-hybridized carbons (Fsp3) is 0.700. The van der Waals surface area contributed by atoms with Gasteiger partial charge in [0.05, 0.1) is 6.20 Å². The summed E-state index contributed by atoms with van der Waals surface area (Å²) in [7, 11) is 0. The lowest BCUT2D eigenvalue weighted by Crippen LogP contribution is -2.43. The van der Waals surface area contributed by atoms with E-state index in [1.54, 1.807) is 0 Å². The molecule has 0 saturated carbocycles. The zero-order valence-corrected chi connectivity index (χ0v) is 12.1. The smallest absolute Gasteiger partial charge is 0.264 e. The number of halogens is 1. The molecule has 90 valence electrons. The molecule has 1 unspecified atom stereocenters. The second kappa shape index (κ2) is 5.72. The molecule has 4 nitrogen and oxygen atoms in total. The first-order valence-electron chi connectivity index (χ1n) is 5.09. The molecule has 1 heterocycles. The zero-order valence-electron chi connectivity index (χ0n) is 9.66. The second-order valence-corrected chi connectivity index (χ2v) is 6.23. The molecular formula is C10H16BrN3OS. The summed E-state index contributed by atoms with van der Waals surface area (Å²) < 4.78 is 3.68. The molecule has 0 aliphatic carbocycles. The van der Waals surface area contributed by atoms with Gasteiger partial charge in [0.25, 0.3) is 5.91 Å². The Labute approximate surface area is 108 Å². The monoisotopic (exact) mass is 305 g/mol. The molecule has 0 aromatic carbocycles. The van der Waals surface area contributed by atoms with E-state index in [4.69, 9.17) is 0 Å². The first-order valence-corrected chi connectivity index (χ1v) is 6.99. The Morgan fingerprint density at radius 3 is 2.75 bits per heavy atom. The van der Waals surface area contributed by atoms with Crippen LogP contribution in [0.3, 0.4) is 0 Å². The summed E-state index contributed by atoms with van der Waals surface area (Å²) in [5.74, 6) is -0.0872. The van der Waals surface area contributed by atoms with Crippen LogP contribution in [0.15, 0.2) is 6.20 Å². The minimum atomic E-state index is -0.0872. The zero-order chi connectivity index (χ0) is 12.2. The minimum absolute atomic E-state index is 0.0432. The molecule has 1 aromatic rings. The summed E-state index contributed by atoms with van der Waals surface area (Å²) in [6.45, 7) is 6.35. The number of carbonyl (C=O) groups is 1. The van der Waals surface area contributed by atoms with Crippen LogP contribution in [0.5, 0.6) is 0 Å². The normalized spacial score (nSPS) is 13.5. The highest BCUT2D eigenvalue weighted by molar-refractivity contribution is 9.09. The van der Waals surface area contributed by atoms with Crippen molar-refractivity contribution in [1.82, 2.24) is 14.9 Å². The molecule has 0 bridgehead atoms. The van der Waals surface area contributed by atoms with Crippen LogP contribution in [0.4, 0.5) is 0 Å². The molecule has 6 heteroatoms. The van der Waals surface area contributed by atoms with Crippen LogP contribution < -0.4 is 5.32 Å². The van der Waals surface area contributed by atoms with Gasteiger partial charge in [-0.2, -0.15) is 0 Å². The minimum Gasteiger partial charge on any atom is -0.348 e. The Hall–Kier alpha value is -0.490. The molecule has 0 spiro atoms. The number of nitrogens with one attached hydrogen (secondary N) is 1. The summed E-state index contributed by atoms with van der Waals surface area (Å²) >= 11 is 4.52. The highest BCUT2D eigenvalue weighted by atomic mass is 79.9. The fourth-order valence-electron chi connectivity index (χ4n) is 1.33. The number of alkyl halides is 1. The molecule has 16 heavy (non-hydrogen) atoms. The predicted molar refractivity (Wildman–Crippen MR) is 69.0 cm³/mol. The molecular weight excluding hydrogens is 290 g/mol. The van der Waals surface area contributed by atoms with E-state index in [2.05, 4.69) is 51.6 Å². The SMILES string of the molecule is CC(C)(C)C(CCBr)NC(=O)c1cnns1. The van der Waals surface area contributed by atoms with Gasteiger partial charge in [0.15, 0.2) is 0 Å². The number of rotatable bonds is 4. The molecule has 1 N–H and O–H groups in total. The van der Waals surface area contributed by atoms with E-state index >= 15 is 0 Å². The van der Waals surface area contributed by atoms with Crippen molar-refractivity contribution in [2.45, 2.75) is 33.2 Å². The van der Waals surface area contributed by atoms with Gasteiger partial charge in [-0.1, -0.05) is 41.2 Å². The second-order valence-electron chi connectivity index (χ2n) is 4.65. The fourth-order valence-corrected chi connectivity index (χ4v) is 2.20. The molecule has 0 aliphatic heterocycles. The van der Waals surface area contributed by atoms with Gasteiger partial charge in [-0.15, -0.1) is 5.10 Å². The van der Waals surface area contributed by atoms with Crippen LogP contribution >= 0.6 is 27.5 Å². The van der Waals surface area contributed by atoms with Crippen LogP contribution in [-0.2, 0) is 0 Å². The first kappa shape index (κ1) is 13.6. The number of nitrogens with zero attached hydrogens (tertiary/aromatic N) is 2. The van der Waals surface area contributed by atoms with Gasteiger partial charge in [0, 0.05) is 11.4 Å². The Morgan fingerprint density at radius 2 is 2.31 bits per heavy atom. The molecule has 1 amide bonds. The van der Waals surface area contributed by atoms with Crippen molar-refractivity contribution in [3.05, 3.63) is 11.1 Å². The van der Waals surface area contributed by atoms with Gasteiger partial charge in [0.1, 0.15) is 4.88 Å². The predicted octanol–water partition coefficient (Wildman–Crippen LogP) is 2.47. The van der Waals surface area contributed by atoms with E-state index in [1.165, 1.54) is 6.20 Å². The molecule has 1 aromatic heterocycles. The maximum absolute atomic E-state index is 11.8. The van der Waals surface area contributed by atoms with Crippen LogP contribution in [-0.4, -0.2) is 26.9 Å². The quantitative estimate of drug-likeness (QED) is 0.869. The highest BCUT2D eigenvalue weighted by Crippen LogP contribution is 2.23. The maximum Gasteiger partial charge on any atom is 0.264 e. The summed E-state index contributed by atoms with van der Waals surface area (Å²) in [5.41, 5.74) is 0.0432. The lowest BCUT2D eigenvalue weighted by atomic mass is 9.85. The number of aromatic nitrogens is 2. The third kappa shape index (κ3) is 3.83. The van der Waals surface area contributed by atoms with Crippen molar-refractivity contribution in [1.29, 1.82) is 0 Å². The largest absolute Gasteiger partial charge is 0.348 e. The number of hydrogen-bond donors (Lipinski definition) is 1. The average molecular weight is 306 g/mol. The van der Waals surface area contributed by atoms with Crippen LogP contribution in [0, 0.1) is 5.41 Å². The number of hydrogen-bond acceptors (Lipinski definition) is 4.